The van der Waals surface area contributed by atoms with Gasteiger partial charge in [0.15, 0.2) is 11.5 Å². The van der Waals surface area contributed by atoms with Gasteiger partial charge in [0.2, 0.25) is 0 Å². The van der Waals surface area contributed by atoms with Gasteiger partial charge in [0.1, 0.15) is 12.4 Å². The van der Waals surface area contributed by atoms with E-state index < -0.39 is 0 Å². The Labute approximate surface area is 160 Å². The van der Waals surface area contributed by atoms with Crippen molar-refractivity contribution < 1.29 is 14.3 Å². The van der Waals surface area contributed by atoms with E-state index in [1.54, 1.807) is 25.3 Å². The van der Waals surface area contributed by atoms with Gasteiger partial charge in [-0.2, -0.15) is 0 Å². The zero-order valence-electron chi connectivity index (χ0n) is 16.1. The van der Waals surface area contributed by atoms with Crippen LogP contribution in [0.5, 0.6) is 11.5 Å². The molecule has 1 aromatic heterocycles. The number of aromatic nitrogens is 2. The third-order valence-corrected chi connectivity index (χ3v) is 4.97. The standard InChI is InChI=1S/C20H28N4O3/c1-15-22-8-10-23(15)13-16-4-3-9-24(14-16)20(25)17-5-6-18(27-11-7-21)19(12-17)26-2/h5-6,8,10,12,16H,3-4,7,9,11,13-14,21H2,1-2H3. The number of aryl methyl sites for hydroxylation is 1. The maximum absolute atomic E-state index is 13.0. The summed E-state index contributed by atoms with van der Waals surface area (Å²) in [4.78, 5) is 19.2. The summed E-state index contributed by atoms with van der Waals surface area (Å²) in [5.74, 6) is 2.63. The molecule has 1 aromatic carbocycles. The molecule has 3 rings (SSSR count). The largest absolute Gasteiger partial charge is 0.493 e. The van der Waals surface area contributed by atoms with Crippen LogP contribution in [0.25, 0.3) is 0 Å². The van der Waals surface area contributed by atoms with Crippen molar-refractivity contribution in [2.45, 2.75) is 26.3 Å². The highest BCUT2D eigenvalue weighted by Crippen LogP contribution is 2.29. The molecule has 1 saturated heterocycles. The summed E-state index contributed by atoms with van der Waals surface area (Å²) in [5, 5.41) is 0. The monoisotopic (exact) mass is 372 g/mol. The molecular formula is C20H28N4O3. The predicted molar refractivity (Wildman–Crippen MR) is 103 cm³/mol. The van der Waals surface area contributed by atoms with Crippen molar-refractivity contribution >= 4 is 5.91 Å². The number of benzene rings is 1. The summed E-state index contributed by atoms with van der Waals surface area (Å²) < 4.78 is 13.1. The maximum atomic E-state index is 13.0. The number of rotatable bonds is 7. The molecule has 7 heteroatoms. The van der Waals surface area contributed by atoms with E-state index in [9.17, 15) is 4.79 Å². The maximum Gasteiger partial charge on any atom is 0.254 e. The van der Waals surface area contributed by atoms with Crippen molar-refractivity contribution in [3.63, 3.8) is 0 Å². The molecule has 2 N–H and O–H groups in total. The average Bonchev–Trinajstić information content (AvgIpc) is 3.10. The van der Waals surface area contributed by atoms with Gasteiger partial charge in [0.05, 0.1) is 7.11 Å². The number of nitrogens with two attached hydrogens (primary N) is 1. The molecule has 1 amide bonds. The van der Waals surface area contributed by atoms with Crippen molar-refractivity contribution in [2.24, 2.45) is 11.7 Å². The van der Waals surface area contributed by atoms with E-state index in [1.807, 2.05) is 24.2 Å². The fourth-order valence-electron chi connectivity index (χ4n) is 3.54. The summed E-state index contributed by atoms with van der Waals surface area (Å²) >= 11 is 0. The quantitative estimate of drug-likeness (QED) is 0.805. The summed E-state index contributed by atoms with van der Waals surface area (Å²) in [6.07, 6.45) is 5.96. The molecule has 1 fully saturated rings. The minimum absolute atomic E-state index is 0.0331. The van der Waals surface area contributed by atoms with E-state index in [0.29, 0.717) is 36.1 Å². The molecule has 7 nitrogen and oxygen atoms in total. The zero-order valence-corrected chi connectivity index (χ0v) is 16.1. The number of ether oxygens (including phenoxy) is 2. The minimum atomic E-state index is 0.0331. The number of methoxy groups -OCH3 is 1. The molecule has 1 aliphatic heterocycles. The summed E-state index contributed by atoms with van der Waals surface area (Å²) in [6.45, 7) is 5.27. The SMILES string of the molecule is COc1cc(C(=O)N2CCCC(Cn3ccnc3C)C2)ccc1OCCN. The first-order valence-electron chi connectivity index (χ1n) is 9.40. The van der Waals surface area contributed by atoms with E-state index in [4.69, 9.17) is 15.2 Å². The lowest BCUT2D eigenvalue weighted by molar-refractivity contribution is 0.0661. The van der Waals surface area contributed by atoms with Gasteiger partial charge >= 0.3 is 0 Å². The third kappa shape index (κ3) is 4.60. The number of piperidine rings is 1. The Balaban J connectivity index is 1.68. The van der Waals surface area contributed by atoms with Gasteiger partial charge in [-0.1, -0.05) is 0 Å². The van der Waals surface area contributed by atoms with Crippen LogP contribution in [0.1, 0.15) is 29.0 Å². The highest BCUT2D eigenvalue weighted by Gasteiger charge is 2.25. The van der Waals surface area contributed by atoms with Crippen LogP contribution in [-0.2, 0) is 6.54 Å². The van der Waals surface area contributed by atoms with E-state index in [-0.39, 0.29) is 5.91 Å². The van der Waals surface area contributed by atoms with Crippen LogP contribution in [0.15, 0.2) is 30.6 Å². The second-order valence-corrected chi connectivity index (χ2v) is 6.89. The Morgan fingerprint density at radius 1 is 1.37 bits per heavy atom. The van der Waals surface area contributed by atoms with Crippen LogP contribution < -0.4 is 15.2 Å². The molecule has 1 atom stereocenters. The molecule has 2 aromatic rings. The molecular weight excluding hydrogens is 344 g/mol. The van der Waals surface area contributed by atoms with E-state index in [1.165, 1.54) is 0 Å². The lowest BCUT2D eigenvalue weighted by atomic mass is 9.97. The normalized spacial score (nSPS) is 17.0. The number of amides is 1. The Kier molecular flexibility index (Phi) is 6.34. The highest BCUT2D eigenvalue weighted by molar-refractivity contribution is 5.95. The second-order valence-electron chi connectivity index (χ2n) is 6.89. The topological polar surface area (TPSA) is 82.6 Å². The number of likely N-dealkylation sites (tertiary alicyclic amines) is 1. The number of nitrogens with zero attached hydrogens (tertiary/aromatic N) is 3. The van der Waals surface area contributed by atoms with Gasteiger partial charge in [-0.25, -0.2) is 4.98 Å². The summed E-state index contributed by atoms with van der Waals surface area (Å²) in [7, 11) is 1.57. The van der Waals surface area contributed by atoms with Gasteiger partial charge < -0.3 is 24.7 Å². The van der Waals surface area contributed by atoms with Gasteiger partial charge in [-0.05, 0) is 43.9 Å². The Hall–Kier alpha value is -2.54. The number of imidazole rings is 1. The van der Waals surface area contributed by atoms with Crippen molar-refractivity contribution in [2.75, 3.05) is 33.4 Å². The molecule has 1 aliphatic rings. The molecule has 0 spiro atoms. The highest BCUT2D eigenvalue weighted by atomic mass is 16.5. The molecule has 0 aliphatic carbocycles. The number of carbonyl (C=O) groups is 1. The molecule has 0 bridgehead atoms. The molecule has 146 valence electrons. The number of hydrogen-bond donors (Lipinski definition) is 1. The van der Waals surface area contributed by atoms with Crippen LogP contribution in [0.2, 0.25) is 0 Å². The smallest absolute Gasteiger partial charge is 0.254 e. The van der Waals surface area contributed by atoms with Gasteiger partial charge in [-0.15, -0.1) is 0 Å². The number of hydrogen-bond acceptors (Lipinski definition) is 5. The van der Waals surface area contributed by atoms with Crippen molar-refractivity contribution in [1.82, 2.24) is 14.5 Å². The van der Waals surface area contributed by atoms with E-state index in [2.05, 4.69) is 9.55 Å². The lowest BCUT2D eigenvalue weighted by Crippen LogP contribution is -2.41. The van der Waals surface area contributed by atoms with Gasteiger partial charge in [0.25, 0.3) is 5.91 Å². The average molecular weight is 372 g/mol. The fraction of sp³-hybridized carbons (Fsp3) is 0.500. The minimum Gasteiger partial charge on any atom is -0.493 e. The molecule has 2 heterocycles. The van der Waals surface area contributed by atoms with E-state index in [0.717, 1.165) is 38.3 Å². The molecule has 0 saturated carbocycles. The Morgan fingerprint density at radius 2 is 2.22 bits per heavy atom. The Morgan fingerprint density at radius 3 is 2.93 bits per heavy atom. The number of carbonyl (C=O) groups excluding carboxylic acids is 1. The zero-order chi connectivity index (χ0) is 19.2. The summed E-state index contributed by atoms with van der Waals surface area (Å²) in [6, 6.07) is 5.32. The van der Waals surface area contributed by atoms with Crippen LogP contribution in [0.4, 0.5) is 0 Å². The third-order valence-electron chi connectivity index (χ3n) is 4.97. The van der Waals surface area contributed by atoms with Crippen molar-refractivity contribution in [1.29, 1.82) is 0 Å². The van der Waals surface area contributed by atoms with Crippen LogP contribution in [-0.4, -0.2) is 53.7 Å². The first kappa shape index (κ1) is 19.2. The van der Waals surface area contributed by atoms with Crippen LogP contribution in [0.3, 0.4) is 0 Å². The van der Waals surface area contributed by atoms with Crippen LogP contribution in [0, 0.1) is 12.8 Å². The Bertz CT molecular complexity index is 774. The predicted octanol–water partition coefficient (Wildman–Crippen LogP) is 2.09. The fourth-order valence-corrected chi connectivity index (χ4v) is 3.54. The molecule has 27 heavy (non-hydrogen) atoms. The van der Waals surface area contributed by atoms with Gasteiger partial charge in [-0.3, -0.25) is 4.79 Å². The molecule has 1 unspecified atom stereocenters. The first-order chi connectivity index (χ1) is 13.1. The van der Waals surface area contributed by atoms with Crippen molar-refractivity contribution in [3.05, 3.63) is 42.0 Å². The van der Waals surface area contributed by atoms with Crippen molar-refractivity contribution in [3.8, 4) is 11.5 Å². The second kappa shape index (κ2) is 8.90. The van der Waals surface area contributed by atoms with E-state index >= 15 is 0 Å². The summed E-state index contributed by atoms with van der Waals surface area (Å²) in [5.41, 5.74) is 6.10. The molecule has 0 radical (unpaired) electrons. The van der Waals surface area contributed by atoms with Gasteiger partial charge in [0, 0.05) is 44.1 Å². The lowest BCUT2D eigenvalue weighted by Gasteiger charge is -2.33. The van der Waals surface area contributed by atoms with Crippen LogP contribution >= 0.6 is 0 Å². The first-order valence-corrected chi connectivity index (χ1v) is 9.40.